The fourth-order valence-electron chi connectivity index (χ4n) is 7.24. The minimum Gasteiger partial charge on any atom is -0.456 e. The summed E-state index contributed by atoms with van der Waals surface area (Å²) in [7, 11) is 0. The Balaban J connectivity index is 1.35. The maximum atomic E-state index is 6.79. The van der Waals surface area contributed by atoms with Crippen LogP contribution in [0.3, 0.4) is 0 Å². The van der Waals surface area contributed by atoms with Crippen LogP contribution in [-0.4, -0.2) is 9.55 Å². The monoisotopic (exact) mass is 610 g/mol. The highest BCUT2D eigenvalue weighted by molar-refractivity contribution is 6.16. The van der Waals surface area contributed by atoms with Crippen LogP contribution in [0.2, 0.25) is 0 Å². The lowest BCUT2D eigenvalue weighted by Gasteiger charge is -2.24. The molecule has 0 atom stereocenters. The molecule has 47 heavy (non-hydrogen) atoms. The van der Waals surface area contributed by atoms with Crippen molar-refractivity contribution >= 4 is 54.9 Å². The number of benzene rings is 6. The summed E-state index contributed by atoms with van der Waals surface area (Å²) in [6.07, 6.45) is 0. The van der Waals surface area contributed by atoms with Gasteiger partial charge < -0.3 is 8.83 Å². The summed E-state index contributed by atoms with van der Waals surface area (Å²) >= 11 is 0. The minimum atomic E-state index is 0.285. The second-order valence-corrected chi connectivity index (χ2v) is 13.2. The highest BCUT2D eigenvalue weighted by Gasteiger charge is 2.25. The van der Waals surface area contributed by atoms with Gasteiger partial charge in [-0.05, 0) is 82.6 Å². The molecule has 0 saturated carbocycles. The van der Waals surface area contributed by atoms with E-state index < -0.39 is 0 Å². The third-order valence-corrected chi connectivity index (χ3v) is 9.54. The molecule has 6 aromatic carbocycles. The van der Waals surface area contributed by atoms with Crippen molar-refractivity contribution in [3.05, 3.63) is 132 Å². The molecule has 0 N–H and O–H groups in total. The average Bonchev–Trinajstić information content (AvgIpc) is 3.77. The first kappa shape index (κ1) is 27.7. The van der Waals surface area contributed by atoms with Crippen molar-refractivity contribution < 1.29 is 8.83 Å². The molecule has 0 unspecified atom stereocenters. The lowest BCUT2D eigenvalue weighted by Crippen LogP contribution is -2.09. The Morgan fingerprint density at radius 3 is 1.94 bits per heavy atom. The predicted octanol–water partition coefficient (Wildman–Crippen LogP) is 12.4. The highest BCUT2D eigenvalue weighted by Crippen LogP contribution is 2.43. The Hall–Kier alpha value is -5.61. The lowest BCUT2D eigenvalue weighted by molar-refractivity contribution is 0.664. The molecule has 4 heteroatoms. The molecule has 0 aliphatic carbocycles. The van der Waals surface area contributed by atoms with Gasteiger partial charge in [0.2, 0.25) is 0 Å². The molecule has 0 fully saturated rings. The van der Waals surface area contributed by atoms with Crippen molar-refractivity contribution in [1.82, 2.24) is 9.55 Å². The van der Waals surface area contributed by atoms with Gasteiger partial charge >= 0.3 is 0 Å². The SMILES string of the molecule is CC(C)c1cc(-c2ccccc2)cc(C(C)C)c1-n1c(-c2cccc3c2oc2cc4c(cc23)oc2ccccc24)nc2ccccc21. The zero-order valence-electron chi connectivity index (χ0n) is 26.9. The minimum absolute atomic E-state index is 0.285. The van der Waals surface area contributed by atoms with Crippen molar-refractivity contribution in [3.8, 4) is 28.2 Å². The first-order chi connectivity index (χ1) is 23.0. The smallest absolute Gasteiger partial charge is 0.149 e. The summed E-state index contributed by atoms with van der Waals surface area (Å²) in [6, 6.07) is 42.7. The van der Waals surface area contributed by atoms with Crippen molar-refractivity contribution in [2.24, 2.45) is 0 Å². The zero-order chi connectivity index (χ0) is 31.8. The normalized spacial score (nSPS) is 12.2. The molecular formula is C43H34N2O2. The average molecular weight is 611 g/mol. The van der Waals surface area contributed by atoms with Gasteiger partial charge in [-0.15, -0.1) is 0 Å². The molecule has 0 aliphatic heterocycles. The molecule has 9 rings (SSSR count). The third kappa shape index (κ3) is 4.25. The van der Waals surface area contributed by atoms with Crippen LogP contribution in [0.15, 0.2) is 130 Å². The summed E-state index contributed by atoms with van der Waals surface area (Å²) in [4.78, 5) is 5.33. The highest BCUT2D eigenvalue weighted by atomic mass is 16.3. The molecular weight excluding hydrogens is 576 g/mol. The van der Waals surface area contributed by atoms with Crippen molar-refractivity contribution in [2.75, 3.05) is 0 Å². The van der Waals surface area contributed by atoms with E-state index in [9.17, 15) is 0 Å². The van der Waals surface area contributed by atoms with Crippen molar-refractivity contribution in [2.45, 2.75) is 39.5 Å². The van der Waals surface area contributed by atoms with Crippen molar-refractivity contribution in [1.29, 1.82) is 0 Å². The number of para-hydroxylation sites is 4. The van der Waals surface area contributed by atoms with E-state index in [4.69, 9.17) is 13.8 Å². The topological polar surface area (TPSA) is 44.1 Å². The maximum absolute atomic E-state index is 6.79. The molecule has 4 nitrogen and oxygen atoms in total. The third-order valence-electron chi connectivity index (χ3n) is 9.54. The van der Waals surface area contributed by atoms with E-state index in [1.165, 1.54) is 27.9 Å². The molecule has 0 aliphatic rings. The Labute approximate surface area is 272 Å². The zero-order valence-corrected chi connectivity index (χ0v) is 26.9. The Morgan fingerprint density at radius 1 is 0.532 bits per heavy atom. The largest absolute Gasteiger partial charge is 0.456 e. The summed E-state index contributed by atoms with van der Waals surface area (Å²) in [5, 5.41) is 4.23. The first-order valence-electron chi connectivity index (χ1n) is 16.4. The molecule has 3 heterocycles. The maximum Gasteiger partial charge on any atom is 0.149 e. The van der Waals surface area contributed by atoms with E-state index in [1.54, 1.807) is 0 Å². The van der Waals surface area contributed by atoms with Gasteiger partial charge in [-0.3, -0.25) is 4.57 Å². The molecule has 9 aromatic rings. The van der Waals surface area contributed by atoms with Crippen LogP contribution < -0.4 is 0 Å². The Morgan fingerprint density at radius 2 is 1.17 bits per heavy atom. The van der Waals surface area contributed by atoms with E-state index >= 15 is 0 Å². The van der Waals surface area contributed by atoms with E-state index in [-0.39, 0.29) is 11.8 Å². The number of rotatable bonds is 5. The molecule has 3 aromatic heterocycles. The standard InChI is InChI=1S/C43H34N2O2/c1-25(2)32-21-28(27-13-6-5-7-14-27)22-33(26(3)4)41(32)45-37-19-10-9-18-36(37)44-43(45)31-17-12-16-30-35-24-39-34(23-40(35)47-42(30)31)29-15-8-11-20-38(29)46-39/h5-26H,1-4H3. The van der Waals surface area contributed by atoms with Crippen LogP contribution in [0.5, 0.6) is 0 Å². The second-order valence-electron chi connectivity index (χ2n) is 13.2. The van der Waals surface area contributed by atoms with Crippen LogP contribution in [0.4, 0.5) is 0 Å². The van der Waals surface area contributed by atoms with Gasteiger partial charge in [0.25, 0.3) is 0 Å². The second kappa shape index (κ2) is 10.5. The molecule has 0 saturated heterocycles. The van der Waals surface area contributed by atoms with E-state index in [0.29, 0.717) is 0 Å². The fraction of sp³-hybridized carbons (Fsp3) is 0.140. The number of imidazole rings is 1. The fourth-order valence-corrected chi connectivity index (χ4v) is 7.24. The Kier molecular flexibility index (Phi) is 6.16. The van der Waals surface area contributed by atoms with Gasteiger partial charge in [0.1, 0.15) is 28.2 Å². The lowest BCUT2D eigenvalue weighted by atomic mass is 9.88. The van der Waals surface area contributed by atoms with Crippen LogP contribution in [0, 0.1) is 0 Å². The predicted molar refractivity (Wildman–Crippen MR) is 195 cm³/mol. The number of nitrogens with zero attached hydrogens (tertiary/aromatic N) is 2. The number of hydrogen-bond acceptors (Lipinski definition) is 3. The van der Waals surface area contributed by atoms with E-state index in [0.717, 1.165) is 66.3 Å². The first-order valence-corrected chi connectivity index (χ1v) is 16.4. The summed E-state index contributed by atoms with van der Waals surface area (Å²) in [5.41, 5.74) is 12.7. The van der Waals surface area contributed by atoms with Crippen molar-refractivity contribution in [3.63, 3.8) is 0 Å². The molecule has 0 radical (unpaired) electrons. The van der Waals surface area contributed by atoms with Crippen LogP contribution in [-0.2, 0) is 0 Å². The molecule has 228 valence electrons. The molecule has 0 spiro atoms. The number of furan rings is 2. The molecule has 0 bridgehead atoms. The Bertz CT molecular complexity index is 2600. The van der Waals surface area contributed by atoms with Crippen LogP contribution in [0.25, 0.3) is 83.1 Å². The summed E-state index contributed by atoms with van der Waals surface area (Å²) < 4.78 is 15.4. The van der Waals surface area contributed by atoms with E-state index in [2.05, 4.69) is 135 Å². The van der Waals surface area contributed by atoms with E-state index in [1.807, 2.05) is 18.2 Å². The van der Waals surface area contributed by atoms with Crippen LogP contribution >= 0.6 is 0 Å². The number of hydrogen-bond donors (Lipinski definition) is 0. The van der Waals surface area contributed by atoms with Gasteiger partial charge in [0, 0.05) is 21.5 Å². The number of fused-ring (bicyclic) bond motifs is 7. The number of aromatic nitrogens is 2. The van der Waals surface area contributed by atoms with Gasteiger partial charge in [0.05, 0.1) is 22.3 Å². The summed E-state index contributed by atoms with van der Waals surface area (Å²) in [6.45, 7) is 9.15. The van der Waals surface area contributed by atoms with Gasteiger partial charge in [0.15, 0.2) is 0 Å². The summed E-state index contributed by atoms with van der Waals surface area (Å²) in [5.74, 6) is 1.45. The van der Waals surface area contributed by atoms with Crippen LogP contribution in [0.1, 0.15) is 50.7 Å². The van der Waals surface area contributed by atoms with Gasteiger partial charge in [-0.1, -0.05) is 100 Å². The molecule has 0 amide bonds. The van der Waals surface area contributed by atoms with Gasteiger partial charge in [-0.2, -0.15) is 0 Å². The quantitative estimate of drug-likeness (QED) is 0.195. The van der Waals surface area contributed by atoms with Gasteiger partial charge in [-0.25, -0.2) is 4.98 Å².